The summed E-state index contributed by atoms with van der Waals surface area (Å²) in [6.07, 6.45) is 3.23. The molecule has 44 valence electrons. The molecule has 0 radical (unpaired) electrons. The first-order valence-electron chi connectivity index (χ1n) is 2.52. The topological polar surface area (TPSA) is 42.7 Å². The van der Waals surface area contributed by atoms with E-state index in [-0.39, 0.29) is 0 Å². The Bertz CT molecular complexity index is 134. The Balaban J connectivity index is 2.50. The number of nitrogens with zero attached hydrogens (tertiary/aromatic N) is 3. The van der Waals surface area contributed by atoms with Crippen molar-refractivity contribution >= 4 is 0 Å². The lowest BCUT2D eigenvalue weighted by Gasteiger charge is -1.97. The minimum absolute atomic E-state index is 0.887. The Morgan fingerprint density at radius 3 is 2.62 bits per heavy atom. The van der Waals surface area contributed by atoms with Crippen LogP contribution < -0.4 is 5.43 Å². The number of hydrogen-bond acceptors (Lipinski definition) is 3. The van der Waals surface area contributed by atoms with Crippen LogP contribution in [0.4, 0.5) is 0 Å². The normalized spacial score (nSPS) is 9.12. The summed E-state index contributed by atoms with van der Waals surface area (Å²) in [6.45, 7) is 2.90. The van der Waals surface area contributed by atoms with Gasteiger partial charge in [-0.2, -0.15) is 0 Å². The lowest BCUT2D eigenvalue weighted by molar-refractivity contribution is 0.859. The van der Waals surface area contributed by atoms with Crippen LogP contribution in [0.3, 0.4) is 0 Å². The highest BCUT2D eigenvalue weighted by atomic mass is 15.5. The van der Waals surface area contributed by atoms with Crippen LogP contribution in [0.5, 0.6) is 0 Å². The Labute approximate surface area is 47.5 Å². The summed E-state index contributed by atoms with van der Waals surface area (Å²) in [7, 11) is 0. The van der Waals surface area contributed by atoms with E-state index in [4.69, 9.17) is 0 Å². The third kappa shape index (κ3) is 0.959. The van der Waals surface area contributed by atoms with E-state index < -0.39 is 0 Å². The van der Waals surface area contributed by atoms with Crippen molar-refractivity contribution < 1.29 is 0 Å². The van der Waals surface area contributed by atoms with Crippen LogP contribution in [0.2, 0.25) is 0 Å². The number of nitrogens with one attached hydrogen (secondary N) is 1. The van der Waals surface area contributed by atoms with Gasteiger partial charge in [0.2, 0.25) is 0 Å². The summed E-state index contributed by atoms with van der Waals surface area (Å²) in [5.74, 6) is 0. The zero-order chi connectivity index (χ0) is 5.82. The van der Waals surface area contributed by atoms with Gasteiger partial charge in [-0.15, -0.1) is 10.2 Å². The fourth-order valence-electron chi connectivity index (χ4n) is 0.465. The van der Waals surface area contributed by atoms with Crippen molar-refractivity contribution in [1.29, 1.82) is 0 Å². The largest absolute Gasteiger partial charge is 0.324 e. The highest BCUT2D eigenvalue weighted by Gasteiger charge is 1.80. The molecule has 4 heteroatoms. The zero-order valence-corrected chi connectivity index (χ0v) is 4.70. The summed E-state index contributed by atoms with van der Waals surface area (Å²) in [6, 6.07) is 0. The molecule has 8 heavy (non-hydrogen) atoms. The van der Waals surface area contributed by atoms with E-state index in [0.717, 1.165) is 6.54 Å². The van der Waals surface area contributed by atoms with Gasteiger partial charge in [0.15, 0.2) is 0 Å². The van der Waals surface area contributed by atoms with Gasteiger partial charge in [-0.25, -0.2) is 4.68 Å². The molecule has 0 aliphatic carbocycles. The van der Waals surface area contributed by atoms with Crippen LogP contribution in [-0.2, 0) is 0 Å². The third-order valence-electron chi connectivity index (χ3n) is 0.759. The SMILES string of the molecule is CCNn1cnnc1. The summed E-state index contributed by atoms with van der Waals surface area (Å²) >= 11 is 0. The lowest BCUT2D eigenvalue weighted by atomic mass is 10.8. The standard InChI is InChI=1S/C4H8N4/c1-2-7-8-3-5-6-4-8/h3-4,7H,2H2,1H3. The first kappa shape index (κ1) is 5.08. The smallest absolute Gasteiger partial charge is 0.138 e. The van der Waals surface area contributed by atoms with Gasteiger partial charge < -0.3 is 5.43 Å². The minimum Gasteiger partial charge on any atom is -0.324 e. The molecule has 0 saturated carbocycles. The molecular formula is C4H8N4. The molecule has 1 aromatic heterocycles. The molecule has 0 fully saturated rings. The minimum atomic E-state index is 0.887. The van der Waals surface area contributed by atoms with Gasteiger partial charge in [0.1, 0.15) is 12.7 Å². The molecule has 1 heterocycles. The molecule has 0 amide bonds. The van der Waals surface area contributed by atoms with Crippen LogP contribution in [0.15, 0.2) is 12.7 Å². The van der Waals surface area contributed by atoms with E-state index in [1.807, 2.05) is 6.92 Å². The van der Waals surface area contributed by atoms with Gasteiger partial charge in [0, 0.05) is 6.54 Å². The quantitative estimate of drug-likeness (QED) is 0.578. The Kier molecular flexibility index (Phi) is 1.46. The Morgan fingerprint density at radius 1 is 1.50 bits per heavy atom. The summed E-state index contributed by atoms with van der Waals surface area (Å²) < 4.78 is 1.71. The number of hydrogen-bond donors (Lipinski definition) is 1. The first-order chi connectivity index (χ1) is 3.93. The fourth-order valence-corrected chi connectivity index (χ4v) is 0.465. The average molecular weight is 112 g/mol. The molecular weight excluding hydrogens is 104 g/mol. The third-order valence-corrected chi connectivity index (χ3v) is 0.759. The van der Waals surface area contributed by atoms with E-state index in [2.05, 4.69) is 15.6 Å². The molecule has 0 atom stereocenters. The molecule has 0 unspecified atom stereocenters. The molecule has 0 bridgehead atoms. The highest BCUT2D eigenvalue weighted by molar-refractivity contribution is 4.67. The van der Waals surface area contributed by atoms with Crippen molar-refractivity contribution in [3.63, 3.8) is 0 Å². The van der Waals surface area contributed by atoms with E-state index in [9.17, 15) is 0 Å². The van der Waals surface area contributed by atoms with Gasteiger partial charge in [0.25, 0.3) is 0 Å². The molecule has 1 aromatic rings. The van der Waals surface area contributed by atoms with Gasteiger partial charge in [-0.1, -0.05) is 0 Å². The molecule has 0 saturated heterocycles. The average Bonchev–Trinajstić information content (AvgIpc) is 2.19. The van der Waals surface area contributed by atoms with Gasteiger partial charge in [0.05, 0.1) is 0 Å². The van der Waals surface area contributed by atoms with Crippen LogP contribution in [0.25, 0.3) is 0 Å². The van der Waals surface area contributed by atoms with Crippen molar-refractivity contribution in [2.75, 3.05) is 12.0 Å². The molecule has 4 nitrogen and oxygen atoms in total. The zero-order valence-electron chi connectivity index (χ0n) is 4.70. The maximum absolute atomic E-state index is 3.59. The maximum Gasteiger partial charge on any atom is 0.138 e. The Hall–Kier alpha value is -1.06. The predicted molar refractivity (Wildman–Crippen MR) is 29.9 cm³/mol. The second kappa shape index (κ2) is 2.30. The number of aromatic nitrogens is 3. The van der Waals surface area contributed by atoms with Crippen molar-refractivity contribution in [1.82, 2.24) is 14.9 Å². The van der Waals surface area contributed by atoms with Crippen LogP contribution in [0, 0.1) is 0 Å². The van der Waals surface area contributed by atoms with Gasteiger partial charge in [-0.05, 0) is 6.92 Å². The van der Waals surface area contributed by atoms with E-state index in [1.165, 1.54) is 0 Å². The fraction of sp³-hybridized carbons (Fsp3) is 0.500. The summed E-state index contributed by atoms with van der Waals surface area (Å²) in [5, 5.41) is 7.18. The molecule has 1 N–H and O–H groups in total. The Morgan fingerprint density at radius 2 is 2.12 bits per heavy atom. The molecule has 0 aliphatic rings. The van der Waals surface area contributed by atoms with E-state index in [1.54, 1.807) is 17.3 Å². The van der Waals surface area contributed by atoms with Gasteiger partial charge in [-0.3, -0.25) is 0 Å². The van der Waals surface area contributed by atoms with Crippen LogP contribution >= 0.6 is 0 Å². The van der Waals surface area contributed by atoms with Crippen molar-refractivity contribution in [3.05, 3.63) is 12.7 Å². The number of rotatable bonds is 2. The molecule has 0 aromatic carbocycles. The monoisotopic (exact) mass is 112 g/mol. The highest BCUT2D eigenvalue weighted by Crippen LogP contribution is 1.71. The summed E-state index contributed by atoms with van der Waals surface area (Å²) in [5.41, 5.74) is 2.98. The van der Waals surface area contributed by atoms with Crippen molar-refractivity contribution in [2.45, 2.75) is 6.92 Å². The molecule has 0 aliphatic heterocycles. The van der Waals surface area contributed by atoms with Crippen LogP contribution in [-0.4, -0.2) is 21.4 Å². The molecule has 1 rings (SSSR count). The molecule has 0 spiro atoms. The lowest BCUT2D eigenvalue weighted by Crippen LogP contribution is -2.10. The second-order valence-corrected chi connectivity index (χ2v) is 1.38. The van der Waals surface area contributed by atoms with Crippen molar-refractivity contribution in [2.24, 2.45) is 0 Å². The van der Waals surface area contributed by atoms with Gasteiger partial charge >= 0.3 is 0 Å². The first-order valence-corrected chi connectivity index (χ1v) is 2.52. The van der Waals surface area contributed by atoms with E-state index in [0.29, 0.717) is 0 Å². The van der Waals surface area contributed by atoms with Crippen LogP contribution in [0.1, 0.15) is 6.92 Å². The summed E-state index contributed by atoms with van der Waals surface area (Å²) in [4.78, 5) is 0. The predicted octanol–water partition coefficient (Wildman–Crippen LogP) is -0.159. The van der Waals surface area contributed by atoms with E-state index >= 15 is 0 Å². The second-order valence-electron chi connectivity index (χ2n) is 1.38. The van der Waals surface area contributed by atoms with Crippen molar-refractivity contribution in [3.8, 4) is 0 Å². The maximum atomic E-state index is 3.59.